The molecule has 0 aliphatic carbocycles. The van der Waals surface area contributed by atoms with Crippen LogP contribution in [0.1, 0.15) is 31.2 Å². The van der Waals surface area contributed by atoms with Gasteiger partial charge < -0.3 is 9.80 Å². The Labute approximate surface area is 156 Å². The lowest BCUT2D eigenvalue weighted by molar-refractivity contribution is -0.131. The number of hydrogen-bond acceptors (Lipinski definition) is 4. The van der Waals surface area contributed by atoms with E-state index in [1.54, 1.807) is 9.21 Å². The molecule has 1 aromatic rings. The summed E-state index contributed by atoms with van der Waals surface area (Å²) in [6.45, 7) is 6.15. The third-order valence-corrected chi connectivity index (χ3v) is 7.15. The van der Waals surface area contributed by atoms with E-state index >= 15 is 0 Å². The van der Waals surface area contributed by atoms with E-state index in [2.05, 4.69) is 30.0 Å². The number of nitrogens with zero attached hydrogens (tertiary/aromatic N) is 3. The third-order valence-electron chi connectivity index (χ3n) is 5.28. The first-order chi connectivity index (χ1) is 12.5. The van der Waals surface area contributed by atoms with Gasteiger partial charge in [-0.25, -0.2) is 12.7 Å². The molecule has 6 nitrogen and oxygen atoms in total. The summed E-state index contributed by atoms with van der Waals surface area (Å²) in [7, 11) is -3.30. The lowest BCUT2D eigenvalue weighted by atomic mass is 10.2. The Bertz CT molecular complexity index is 721. The highest BCUT2D eigenvalue weighted by Gasteiger charge is 2.27. The normalized spacial score (nSPS) is 19.6. The standard InChI is InChI=1S/C19H29N3O3S/c1-17-6-5-7-18(16-17)20-11-13-21(14-12-20)19(23)8-15-26(24,25)22-9-3-2-4-10-22/h5-7,16H,2-4,8-15H2,1H3. The van der Waals surface area contributed by atoms with Crippen LogP contribution < -0.4 is 4.90 Å². The Hall–Kier alpha value is -1.60. The molecule has 0 spiro atoms. The van der Waals surface area contributed by atoms with E-state index in [0.717, 1.165) is 32.4 Å². The molecule has 0 radical (unpaired) electrons. The largest absolute Gasteiger partial charge is 0.368 e. The van der Waals surface area contributed by atoms with Crippen LogP contribution in [0, 0.1) is 6.92 Å². The van der Waals surface area contributed by atoms with Crippen molar-refractivity contribution in [1.82, 2.24) is 9.21 Å². The Morgan fingerprint density at radius 3 is 2.35 bits per heavy atom. The maximum atomic E-state index is 12.4. The molecule has 3 rings (SSSR count). The van der Waals surface area contributed by atoms with Gasteiger partial charge in [-0.2, -0.15) is 0 Å². The van der Waals surface area contributed by atoms with Gasteiger partial charge in [-0.1, -0.05) is 18.6 Å². The fourth-order valence-corrected chi connectivity index (χ4v) is 5.19. The second kappa shape index (κ2) is 8.39. The van der Waals surface area contributed by atoms with E-state index in [0.29, 0.717) is 26.2 Å². The van der Waals surface area contributed by atoms with E-state index in [1.807, 2.05) is 6.07 Å². The van der Waals surface area contributed by atoms with Gasteiger partial charge in [-0.15, -0.1) is 0 Å². The molecule has 2 fully saturated rings. The number of amides is 1. The summed E-state index contributed by atoms with van der Waals surface area (Å²) in [5, 5.41) is 0. The predicted octanol–water partition coefficient (Wildman–Crippen LogP) is 1.85. The zero-order chi connectivity index (χ0) is 18.6. The molecule has 144 valence electrons. The van der Waals surface area contributed by atoms with Crippen molar-refractivity contribution < 1.29 is 13.2 Å². The minimum atomic E-state index is -3.30. The van der Waals surface area contributed by atoms with Gasteiger partial charge in [0, 0.05) is 51.4 Å². The average molecular weight is 380 g/mol. The highest BCUT2D eigenvalue weighted by molar-refractivity contribution is 7.89. The highest BCUT2D eigenvalue weighted by Crippen LogP contribution is 2.19. The predicted molar refractivity (Wildman–Crippen MR) is 104 cm³/mol. The summed E-state index contributed by atoms with van der Waals surface area (Å²) in [6.07, 6.45) is 3.03. The van der Waals surface area contributed by atoms with Crippen LogP contribution in [0.15, 0.2) is 24.3 Å². The minimum absolute atomic E-state index is 0.0468. The first kappa shape index (κ1) is 19.2. The summed E-state index contributed by atoms with van der Waals surface area (Å²) >= 11 is 0. The van der Waals surface area contributed by atoms with Crippen LogP contribution >= 0.6 is 0 Å². The number of sulfonamides is 1. The van der Waals surface area contributed by atoms with Crippen molar-refractivity contribution in [3.63, 3.8) is 0 Å². The maximum absolute atomic E-state index is 12.4. The average Bonchev–Trinajstić information content (AvgIpc) is 2.67. The molecular formula is C19H29N3O3S. The lowest BCUT2D eigenvalue weighted by Gasteiger charge is -2.36. The van der Waals surface area contributed by atoms with Gasteiger partial charge in [-0.05, 0) is 37.5 Å². The second-order valence-corrected chi connectivity index (χ2v) is 9.32. The molecular weight excluding hydrogens is 350 g/mol. The maximum Gasteiger partial charge on any atom is 0.223 e. The van der Waals surface area contributed by atoms with Crippen molar-refractivity contribution in [3.8, 4) is 0 Å². The Kier molecular flexibility index (Phi) is 6.19. The molecule has 0 N–H and O–H groups in total. The Balaban J connectivity index is 1.47. The van der Waals surface area contributed by atoms with Crippen LogP contribution in [-0.2, 0) is 14.8 Å². The van der Waals surface area contributed by atoms with Crippen LogP contribution in [0.25, 0.3) is 0 Å². The third kappa shape index (κ3) is 4.76. The number of piperazine rings is 1. The van der Waals surface area contributed by atoms with Gasteiger partial charge >= 0.3 is 0 Å². The summed E-state index contributed by atoms with van der Waals surface area (Å²) in [6, 6.07) is 8.37. The first-order valence-electron chi connectivity index (χ1n) is 9.53. The van der Waals surface area contributed by atoms with Crippen LogP contribution in [0.2, 0.25) is 0 Å². The monoisotopic (exact) mass is 379 g/mol. The van der Waals surface area contributed by atoms with E-state index in [1.165, 1.54) is 11.3 Å². The number of benzene rings is 1. The molecule has 2 heterocycles. The van der Waals surface area contributed by atoms with Crippen molar-refractivity contribution in [1.29, 1.82) is 0 Å². The molecule has 1 aromatic carbocycles. The number of carbonyl (C=O) groups is 1. The molecule has 0 atom stereocenters. The van der Waals surface area contributed by atoms with Gasteiger partial charge in [0.2, 0.25) is 15.9 Å². The number of carbonyl (C=O) groups excluding carboxylic acids is 1. The molecule has 0 bridgehead atoms. The van der Waals surface area contributed by atoms with E-state index < -0.39 is 10.0 Å². The number of anilines is 1. The van der Waals surface area contributed by atoms with Crippen molar-refractivity contribution in [2.24, 2.45) is 0 Å². The topological polar surface area (TPSA) is 60.9 Å². The molecule has 1 amide bonds. The SMILES string of the molecule is Cc1cccc(N2CCN(C(=O)CCS(=O)(=O)N3CCCCC3)CC2)c1. The summed E-state index contributed by atoms with van der Waals surface area (Å²) < 4.78 is 26.3. The summed E-state index contributed by atoms with van der Waals surface area (Å²) in [5.41, 5.74) is 2.41. The van der Waals surface area contributed by atoms with E-state index in [-0.39, 0.29) is 18.1 Å². The number of aryl methyl sites for hydroxylation is 1. The smallest absolute Gasteiger partial charge is 0.223 e. The molecule has 2 aliphatic rings. The molecule has 26 heavy (non-hydrogen) atoms. The summed E-state index contributed by atoms with van der Waals surface area (Å²) in [5.74, 6) is -0.112. The fraction of sp³-hybridized carbons (Fsp3) is 0.632. The quantitative estimate of drug-likeness (QED) is 0.783. The van der Waals surface area contributed by atoms with Gasteiger partial charge in [-0.3, -0.25) is 4.79 Å². The van der Waals surface area contributed by atoms with Crippen LogP contribution in [0.4, 0.5) is 5.69 Å². The van der Waals surface area contributed by atoms with Crippen molar-refractivity contribution in [3.05, 3.63) is 29.8 Å². The second-order valence-electron chi connectivity index (χ2n) is 7.23. The van der Waals surface area contributed by atoms with E-state index in [4.69, 9.17) is 0 Å². The molecule has 2 saturated heterocycles. The molecule has 0 aromatic heterocycles. The van der Waals surface area contributed by atoms with Crippen molar-refractivity contribution in [2.45, 2.75) is 32.6 Å². The lowest BCUT2D eigenvalue weighted by Crippen LogP contribution is -2.49. The first-order valence-corrected chi connectivity index (χ1v) is 11.1. The Morgan fingerprint density at radius 2 is 1.69 bits per heavy atom. The zero-order valence-corrected chi connectivity index (χ0v) is 16.4. The minimum Gasteiger partial charge on any atom is -0.368 e. The molecule has 0 saturated carbocycles. The molecule has 7 heteroatoms. The van der Waals surface area contributed by atoms with Crippen LogP contribution in [0.3, 0.4) is 0 Å². The molecule has 2 aliphatic heterocycles. The van der Waals surface area contributed by atoms with Gasteiger partial charge in [0.05, 0.1) is 5.75 Å². The van der Waals surface area contributed by atoms with Gasteiger partial charge in [0.15, 0.2) is 0 Å². The Morgan fingerprint density at radius 1 is 1.00 bits per heavy atom. The number of piperidine rings is 1. The highest BCUT2D eigenvalue weighted by atomic mass is 32.2. The number of rotatable bonds is 5. The van der Waals surface area contributed by atoms with Crippen LogP contribution in [0.5, 0.6) is 0 Å². The fourth-order valence-electron chi connectivity index (χ4n) is 3.69. The number of hydrogen-bond donors (Lipinski definition) is 0. The van der Waals surface area contributed by atoms with Gasteiger partial charge in [0.1, 0.15) is 0 Å². The van der Waals surface area contributed by atoms with E-state index in [9.17, 15) is 13.2 Å². The zero-order valence-electron chi connectivity index (χ0n) is 15.6. The summed E-state index contributed by atoms with van der Waals surface area (Å²) in [4.78, 5) is 16.5. The van der Waals surface area contributed by atoms with Crippen LogP contribution in [-0.4, -0.2) is 68.6 Å². The van der Waals surface area contributed by atoms with Crippen molar-refractivity contribution >= 4 is 21.6 Å². The van der Waals surface area contributed by atoms with Crippen molar-refractivity contribution in [2.75, 3.05) is 49.9 Å². The molecule has 0 unspecified atom stereocenters. The van der Waals surface area contributed by atoms with Gasteiger partial charge in [0.25, 0.3) is 0 Å².